The van der Waals surface area contributed by atoms with E-state index in [0.29, 0.717) is 5.92 Å². The smallest absolute Gasteiger partial charge is 0.311 e. The molecular weight excluding hydrogens is 326 g/mol. The van der Waals surface area contributed by atoms with E-state index in [9.17, 15) is 9.90 Å². The third kappa shape index (κ3) is 3.03. The van der Waals surface area contributed by atoms with Crippen LogP contribution in [0.2, 0.25) is 0 Å². The zero-order valence-corrected chi connectivity index (χ0v) is 16.6. The van der Waals surface area contributed by atoms with E-state index in [1.54, 1.807) is 0 Å². The van der Waals surface area contributed by atoms with Crippen LogP contribution in [0.3, 0.4) is 0 Å². The first-order chi connectivity index (χ1) is 12.4. The Morgan fingerprint density at radius 1 is 1.31 bits per heavy atom. The molecule has 146 valence electrons. The number of hydrogen-bond donors (Lipinski definition) is 1. The molecule has 0 unspecified atom stereocenters. The molecule has 1 aliphatic heterocycles. The fourth-order valence-corrected chi connectivity index (χ4v) is 5.79. The highest BCUT2D eigenvalue weighted by Crippen LogP contribution is 2.56. The van der Waals surface area contributed by atoms with E-state index in [2.05, 4.69) is 31.7 Å². The predicted octanol–water partition coefficient (Wildman–Crippen LogP) is 3.39. The van der Waals surface area contributed by atoms with Gasteiger partial charge in [0.25, 0.3) is 0 Å². The lowest BCUT2D eigenvalue weighted by Gasteiger charge is -2.52. The van der Waals surface area contributed by atoms with Crippen molar-refractivity contribution in [1.29, 1.82) is 0 Å². The van der Waals surface area contributed by atoms with Gasteiger partial charge >= 0.3 is 5.97 Å². The number of aliphatic hydroxyl groups is 1. The third-order valence-electron chi connectivity index (χ3n) is 7.78. The largest absolute Gasteiger partial charge is 0.461 e. The molecule has 0 amide bonds. The van der Waals surface area contributed by atoms with Gasteiger partial charge in [-0.2, -0.15) is 0 Å². The van der Waals surface area contributed by atoms with Gasteiger partial charge in [0.2, 0.25) is 0 Å². The zero-order chi connectivity index (χ0) is 18.5. The van der Waals surface area contributed by atoms with Crippen molar-refractivity contribution in [2.45, 2.75) is 71.5 Å². The van der Waals surface area contributed by atoms with Crippen molar-refractivity contribution in [2.24, 2.45) is 29.1 Å². The van der Waals surface area contributed by atoms with Crippen LogP contribution < -0.4 is 0 Å². The van der Waals surface area contributed by atoms with Crippen LogP contribution in [-0.4, -0.2) is 47.8 Å². The molecule has 4 heteroatoms. The van der Waals surface area contributed by atoms with E-state index >= 15 is 0 Å². The standard InChI is InChI=1S/C22H35NO3/c1-4-10-23(12-15-8-9-15)13-17-19-18(26-21(17)25)11-16-7-5-6-14(2)22(16,3)20(19)24/h7,14-15,17-20,24H,4-6,8-13H2,1-3H3/t14-,17-,18-,19+,20-,22-/m0/s1. The highest BCUT2D eigenvalue weighted by molar-refractivity contribution is 5.76. The predicted molar refractivity (Wildman–Crippen MR) is 102 cm³/mol. The molecule has 4 aliphatic rings. The van der Waals surface area contributed by atoms with Crippen molar-refractivity contribution in [2.75, 3.05) is 19.6 Å². The molecule has 0 aromatic heterocycles. The van der Waals surface area contributed by atoms with Crippen molar-refractivity contribution in [1.82, 2.24) is 4.90 Å². The number of aliphatic hydroxyl groups excluding tert-OH is 1. The number of allylic oxidation sites excluding steroid dienone is 1. The Morgan fingerprint density at radius 3 is 2.77 bits per heavy atom. The van der Waals surface area contributed by atoms with E-state index in [1.807, 2.05) is 0 Å². The maximum absolute atomic E-state index is 12.7. The molecular formula is C22H35NO3. The monoisotopic (exact) mass is 361 g/mol. The van der Waals surface area contributed by atoms with Gasteiger partial charge in [0.15, 0.2) is 0 Å². The number of rotatable bonds is 6. The highest BCUT2D eigenvalue weighted by atomic mass is 16.6. The fraction of sp³-hybridized carbons (Fsp3) is 0.864. The summed E-state index contributed by atoms with van der Waals surface area (Å²) in [6.07, 6.45) is 8.48. The van der Waals surface area contributed by atoms with Gasteiger partial charge in [-0.3, -0.25) is 4.79 Å². The summed E-state index contributed by atoms with van der Waals surface area (Å²) in [4.78, 5) is 15.2. The quantitative estimate of drug-likeness (QED) is 0.582. The second-order valence-electron chi connectivity index (χ2n) is 9.50. The molecule has 0 aromatic carbocycles. The number of hydrogen-bond acceptors (Lipinski definition) is 4. The van der Waals surface area contributed by atoms with E-state index < -0.39 is 6.10 Å². The first-order valence-corrected chi connectivity index (χ1v) is 10.8. The number of carbonyl (C=O) groups is 1. The summed E-state index contributed by atoms with van der Waals surface area (Å²) in [6, 6.07) is 0. The van der Waals surface area contributed by atoms with Crippen LogP contribution in [0.4, 0.5) is 0 Å². The first kappa shape index (κ1) is 18.5. The average Bonchev–Trinajstić information content (AvgIpc) is 3.35. The minimum absolute atomic E-state index is 0.0521. The number of esters is 1. The van der Waals surface area contributed by atoms with Crippen LogP contribution >= 0.6 is 0 Å². The summed E-state index contributed by atoms with van der Waals surface area (Å²) in [7, 11) is 0. The van der Waals surface area contributed by atoms with Crippen molar-refractivity contribution < 1.29 is 14.6 Å². The van der Waals surface area contributed by atoms with Gasteiger partial charge in [-0.1, -0.05) is 32.4 Å². The molecule has 0 bridgehead atoms. The Kier molecular flexibility index (Phi) is 4.94. The van der Waals surface area contributed by atoms with Crippen LogP contribution in [0, 0.1) is 29.1 Å². The van der Waals surface area contributed by atoms with Crippen molar-refractivity contribution in [3.8, 4) is 0 Å². The van der Waals surface area contributed by atoms with E-state index in [0.717, 1.165) is 51.2 Å². The molecule has 6 atom stereocenters. The second kappa shape index (κ2) is 6.94. The summed E-state index contributed by atoms with van der Waals surface area (Å²) >= 11 is 0. The van der Waals surface area contributed by atoms with Crippen molar-refractivity contribution in [3.63, 3.8) is 0 Å². The maximum atomic E-state index is 12.7. The van der Waals surface area contributed by atoms with Gasteiger partial charge in [0, 0.05) is 30.8 Å². The van der Waals surface area contributed by atoms with E-state index in [1.165, 1.54) is 18.4 Å². The SMILES string of the molecule is CCCN(CC1CC1)C[C@@H]1C(=O)O[C@H]2CC3=CCC[C@H](C)[C@]3(C)[C@@H](O)[C@@H]21. The molecule has 3 fully saturated rings. The number of fused-ring (bicyclic) bond motifs is 2. The van der Waals surface area contributed by atoms with Crippen molar-refractivity contribution in [3.05, 3.63) is 11.6 Å². The number of nitrogens with zero attached hydrogens (tertiary/aromatic N) is 1. The summed E-state index contributed by atoms with van der Waals surface area (Å²) in [5, 5.41) is 11.4. The molecule has 0 aromatic rings. The Hall–Kier alpha value is -0.870. The molecule has 4 nitrogen and oxygen atoms in total. The lowest BCUT2D eigenvalue weighted by atomic mass is 9.55. The fourth-order valence-electron chi connectivity index (χ4n) is 5.79. The Balaban J connectivity index is 1.56. The minimum atomic E-state index is -0.483. The zero-order valence-electron chi connectivity index (χ0n) is 16.6. The Labute approximate surface area is 158 Å². The molecule has 3 aliphatic carbocycles. The van der Waals surface area contributed by atoms with E-state index in [-0.39, 0.29) is 29.3 Å². The topological polar surface area (TPSA) is 49.8 Å². The summed E-state index contributed by atoms with van der Waals surface area (Å²) in [6.45, 7) is 9.57. The van der Waals surface area contributed by atoms with Gasteiger partial charge in [0.05, 0.1) is 12.0 Å². The summed E-state index contributed by atoms with van der Waals surface area (Å²) < 4.78 is 5.81. The Morgan fingerprint density at radius 2 is 2.08 bits per heavy atom. The number of carbonyl (C=O) groups excluding carboxylic acids is 1. The highest BCUT2D eigenvalue weighted by Gasteiger charge is 2.59. The Bertz CT molecular complexity index is 584. The first-order valence-electron chi connectivity index (χ1n) is 10.8. The van der Waals surface area contributed by atoms with E-state index in [4.69, 9.17) is 4.74 Å². The van der Waals surface area contributed by atoms with Gasteiger partial charge in [0.1, 0.15) is 6.10 Å². The van der Waals surface area contributed by atoms with Crippen LogP contribution in [0.1, 0.15) is 59.3 Å². The minimum Gasteiger partial charge on any atom is -0.461 e. The molecule has 4 rings (SSSR count). The van der Waals surface area contributed by atoms with Crippen LogP contribution in [0.15, 0.2) is 11.6 Å². The van der Waals surface area contributed by atoms with Crippen molar-refractivity contribution >= 4 is 5.97 Å². The van der Waals surface area contributed by atoms with Crippen LogP contribution in [0.25, 0.3) is 0 Å². The maximum Gasteiger partial charge on any atom is 0.311 e. The van der Waals surface area contributed by atoms with Gasteiger partial charge in [-0.05, 0) is 50.5 Å². The average molecular weight is 362 g/mol. The molecule has 0 radical (unpaired) electrons. The van der Waals surface area contributed by atoms with Gasteiger partial charge in [-0.25, -0.2) is 0 Å². The lowest BCUT2D eigenvalue weighted by molar-refractivity contribution is -0.145. The van der Waals surface area contributed by atoms with Gasteiger partial charge < -0.3 is 14.7 Å². The molecule has 1 saturated heterocycles. The van der Waals surface area contributed by atoms with Gasteiger partial charge in [-0.15, -0.1) is 0 Å². The third-order valence-corrected chi connectivity index (χ3v) is 7.78. The van der Waals surface area contributed by atoms with Crippen LogP contribution in [0.5, 0.6) is 0 Å². The molecule has 2 saturated carbocycles. The number of ether oxygens (including phenoxy) is 1. The molecule has 26 heavy (non-hydrogen) atoms. The lowest BCUT2D eigenvalue weighted by Crippen LogP contribution is -2.54. The normalized spacial score (nSPS) is 42.3. The molecule has 1 N–H and O–H groups in total. The second-order valence-corrected chi connectivity index (χ2v) is 9.50. The molecule has 1 heterocycles. The molecule has 0 spiro atoms. The summed E-state index contributed by atoms with van der Waals surface area (Å²) in [5.41, 5.74) is 1.12. The van der Waals surface area contributed by atoms with Crippen LogP contribution in [-0.2, 0) is 9.53 Å². The summed E-state index contributed by atoms with van der Waals surface area (Å²) in [5.74, 6) is 0.965.